The molecular formula is C15H12F6N2OS. The van der Waals surface area contributed by atoms with E-state index in [4.69, 9.17) is 5.73 Å². The molecule has 0 unspecified atom stereocenters. The van der Waals surface area contributed by atoms with E-state index in [1.165, 1.54) is 18.3 Å². The van der Waals surface area contributed by atoms with Crippen LogP contribution in [0.3, 0.4) is 0 Å². The number of halogens is 6. The zero-order chi connectivity index (χ0) is 18.8. The summed E-state index contributed by atoms with van der Waals surface area (Å²) < 4.78 is 78.6. The van der Waals surface area contributed by atoms with E-state index in [9.17, 15) is 31.4 Å². The lowest BCUT2D eigenvalue weighted by molar-refractivity contribution is -0.144. The third-order valence-electron chi connectivity index (χ3n) is 3.24. The van der Waals surface area contributed by atoms with E-state index in [2.05, 4.69) is 4.98 Å². The van der Waals surface area contributed by atoms with E-state index in [0.29, 0.717) is 17.8 Å². The average molecular weight is 382 g/mol. The molecular weight excluding hydrogens is 370 g/mol. The average Bonchev–Trinajstić information content (AvgIpc) is 2.53. The molecule has 1 heterocycles. The summed E-state index contributed by atoms with van der Waals surface area (Å²) in [4.78, 5) is 3.43. The standard InChI is InChI=1S/C15H12F6N2OS/c16-14(17,18)10-4-9(6-22)12(11(5-10)15(19,20)21)25-13-8(7-24)2-1-3-23-13/h1-5,24H,6-7,22H2. The SMILES string of the molecule is NCc1cc(C(F)(F)F)cc(C(F)(F)F)c1Sc1ncccc1CO. The van der Waals surface area contributed by atoms with Crippen molar-refractivity contribution in [1.29, 1.82) is 0 Å². The molecule has 0 bridgehead atoms. The van der Waals surface area contributed by atoms with Crippen molar-refractivity contribution in [2.75, 3.05) is 0 Å². The van der Waals surface area contributed by atoms with E-state index >= 15 is 0 Å². The van der Waals surface area contributed by atoms with Crippen LogP contribution < -0.4 is 5.73 Å². The number of nitrogens with zero attached hydrogens (tertiary/aromatic N) is 1. The minimum atomic E-state index is -5.01. The van der Waals surface area contributed by atoms with Gasteiger partial charge in [-0.05, 0) is 23.8 Å². The Bertz CT molecular complexity index is 761. The van der Waals surface area contributed by atoms with E-state index < -0.39 is 41.5 Å². The van der Waals surface area contributed by atoms with E-state index in [0.717, 1.165) is 0 Å². The van der Waals surface area contributed by atoms with Gasteiger partial charge in [0, 0.05) is 23.2 Å². The van der Waals surface area contributed by atoms with E-state index in [-0.39, 0.29) is 22.2 Å². The van der Waals surface area contributed by atoms with Gasteiger partial charge >= 0.3 is 12.4 Å². The lowest BCUT2D eigenvalue weighted by Gasteiger charge is -2.19. The van der Waals surface area contributed by atoms with Crippen LogP contribution in [0.1, 0.15) is 22.3 Å². The molecule has 2 rings (SSSR count). The number of aliphatic hydroxyl groups excluding tert-OH is 1. The summed E-state index contributed by atoms with van der Waals surface area (Å²) in [5.41, 5.74) is 2.47. The molecule has 0 aliphatic rings. The predicted molar refractivity (Wildman–Crippen MR) is 78.6 cm³/mol. The molecule has 0 aliphatic carbocycles. The molecule has 0 radical (unpaired) electrons. The molecule has 1 aromatic carbocycles. The van der Waals surface area contributed by atoms with Gasteiger partial charge < -0.3 is 10.8 Å². The normalized spacial score (nSPS) is 12.5. The highest BCUT2D eigenvalue weighted by Gasteiger charge is 2.39. The summed E-state index contributed by atoms with van der Waals surface area (Å²) in [7, 11) is 0. The second-order valence-electron chi connectivity index (χ2n) is 4.94. The number of aromatic nitrogens is 1. The highest BCUT2D eigenvalue weighted by molar-refractivity contribution is 7.99. The Morgan fingerprint density at radius 2 is 1.72 bits per heavy atom. The van der Waals surface area contributed by atoms with Gasteiger partial charge in [-0.3, -0.25) is 0 Å². The predicted octanol–water partition coefficient (Wildman–Crippen LogP) is 4.22. The number of rotatable bonds is 4. The van der Waals surface area contributed by atoms with Crippen molar-refractivity contribution in [2.45, 2.75) is 35.4 Å². The van der Waals surface area contributed by atoms with Crippen molar-refractivity contribution in [3.05, 3.63) is 52.7 Å². The second-order valence-corrected chi connectivity index (χ2v) is 5.94. The van der Waals surface area contributed by atoms with Crippen LogP contribution in [0.2, 0.25) is 0 Å². The quantitative estimate of drug-likeness (QED) is 0.778. The van der Waals surface area contributed by atoms with Crippen LogP contribution in [0, 0.1) is 0 Å². The summed E-state index contributed by atoms with van der Waals surface area (Å²) in [6.07, 6.45) is -8.64. The first-order valence-electron chi connectivity index (χ1n) is 6.82. The number of hydrogen-bond acceptors (Lipinski definition) is 4. The minimum absolute atomic E-state index is 0.0586. The Balaban J connectivity index is 2.67. The van der Waals surface area contributed by atoms with Gasteiger partial charge in [0.2, 0.25) is 0 Å². The molecule has 3 N–H and O–H groups in total. The monoisotopic (exact) mass is 382 g/mol. The molecule has 0 spiro atoms. The Morgan fingerprint density at radius 3 is 2.24 bits per heavy atom. The number of benzene rings is 1. The van der Waals surface area contributed by atoms with Crippen LogP contribution in [-0.2, 0) is 25.5 Å². The Labute approximate surface area is 142 Å². The molecule has 0 saturated carbocycles. The molecule has 25 heavy (non-hydrogen) atoms. The van der Waals surface area contributed by atoms with Gasteiger partial charge in [0.05, 0.1) is 17.7 Å². The van der Waals surface area contributed by atoms with Crippen molar-refractivity contribution in [2.24, 2.45) is 5.73 Å². The van der Waals surface area contributed by atoms with Gasteiger partial charge in [-0.25, -0.2) is 4.98 Å². The smallest absolute Gasteiger partial charge is 0.392 e. The molecule has 0 saturated heterocycles. The third-order valence-corrected chi connectivity index (χ3v) is 4.48. The van der Waals surface area contributed by atoms with Crippen LogP contribution in [0.5, 0.6) is 0 Å². The zero-order valence-electron chi connectivity index (χ0n) is 12.4. The second kappa shape index (κ2) is 7.22. The van der Waals surface area contributed by atoms with Gasteiger partial charge in [0.1, 0.15) is 5.03 Å². The van der Waals surface area contributed by atoms with Gasteiger partial charge in [0.25, 0.3) is 0 Å². The van der Waals surface area contributed by atoms with Crippen LogP contribution in [-0.4, -0.2) is 10.1 Å². The maximum Gasteiger partial charge on any atom is 0.417 e. The lowest BCUT2D eigenvalue weighted by Crippen LogP contribution is -2.15. The number of pyridine rings is 1. The van der Waals surface area contributed by atoms with E-state index in [1.54, 1.807) is 0 Å². The van der Waals surface area contributed by atoms with Crippen LogP contribution in [0.25, 0.3) is 0 Å². The molecule has 2 aromatic rings. The summed E-state index contributed by atoms with van der Waals surface area (Å²) in [6, 6.07) is 3.59. The van der Waals surface area contributed by atoms with Crippen molar-refractivity contribution >= 4 is 11.8 Å². The van der Waals surface area contributed by atoms with Gasteiger partial charge in [-0.15, -0.1) is 0 Å². The van der Waals surface area contributed by atoms with Crippen molar-refractivity contribution < 1.29 is 31.4 Å². The van der Waals surface area contributed by atoms with Gasteiger partial charge in [-0.1, -0.05) is 17.8 Å². The largest absolute Gasteiger partial charge is 0.417 e. The van der Waals surface area contributed by atoms with Crippen molar-refractivity contribution in [3.63, 3.8) is 0 Å². The molecule has 1 aromatic heterocycles. The first-order chi connectivity index (χ1) is 11.6. The fourth-order valence-electron chi connectivity index (χ4n) is 2.07. The fraction of sp³-hybridized carbons (Fsp3) is 0.267. The summed E-state index contributed by atoms with van der Waals surface area (Å²) in [5.74, 6) is 0. The molecule has 0 fully saturated rings. The fourth-order valence-corrected chi connectivity index (χ4v) is 3.20. The Kier molecular flexibility index (Phi) is 5.65. The first kappa shape index (κ1) is 19.5. The molecule has 3 nitrogen and oxygen atoms in total. The van der Waals surface area contributed by atoms with E-state index in [1.807, 2.05) is 0 Å². The van der Waals surface area contributed by atoms with Crippen LogP contribution in [0.15, 0.2) is 40.4 Å². The number of alkyl halides is 6. The van der Waals surface area contributed by atoms with Gasteiger partial charge in [0.15, 0.2) is 0 Å². The van der Waals surface area contributed by atoms with Gasteiger partial charge in [-0.2, -0.15) is 26.3 Å². The number of aliphatic hydroxyl groups is 1. The van der Waals surface area contributed by atoms with Crippen molar-refractivity contribution in [3.8, 4) is 0 Å². The highest BCUT2D eigenvalue weighted by Crippen LogP contribution is 2.44. The first-order valence-corrected chi connectivity index (χ1v) is 7.63. The topological polar surface area (TPSA) is 59.1 Å². The minimum Gasteiger partial charge on any atom is -0.392 e. The van der Waals surface area contributed by atoms with Crippen molar-refractivity contribution in [1.82, 2.24) is 4.98 Å². The molecule has 0 amide bonds. The molecule has 0 atom stereocenters. The Hall–Kier alpha value is -1.78. The molecule has 136 valence electrons. The Morgan fingerprint density at radius 1 is 1.04 bits per heavy atom. The molecule has 10 heteroatoms. The summed E-state index contributed by atoms with van der Waals surface area (Å²) in [5, 5.41) is 9.31. The maximum atomic E-state index is 13.3. The number of nitrogens with two attached hydrogens (primary N) is 1. The zero-order valence-corrected chi connectivity index (χ0v) is 13.3. The molecule has 0 aliphatic heterocycles. The van der Waals surface area contributed by atoms with Crippen LogP contribution in [0.4, 0.5) is 26.3 Å². The number of hydrogen-bond donors (Lipinski definition) is 2. The highest BCUT2D eigenvalue weighted by atomic mass is 32.2. The summed E-state index contributed by atoms with van der Waals surface area (Å²) >= 11 is 0.524. The van der Waals surface area contributed by atoms with Crippen LogP contribution >= 0.6 is 11.8 Å². The third kappa shape index (κ3) is 4.44. The lowest BCUT2D eigenvalue weighted by atomic mass is 10.0. The maximum absolute atomic E-state index is 13.3. The summed E-state index contributed by atoms with van der Waals surface area (Å²) in [6.45, 7) is -0.993.